The first kappa shape index (κ1) is 63.9. The number of aliphatic carboxylic acids is 5. The molecule has 2 rings (SSSR count). The standard InChI is InChI=1S/C45H60N10O19S2/c46-26(37(62)51-31(21-36(60)61)40(65)53-32(43(70)71)23-76-75-18-17-74-44(47)72)22-49-38(63)29(19-24-7-3-1-4-8-24)52-39(64)30(20-25-9-5-2-6-10-25)50-34(57)15-16-48-33(56)13-11-27(41(66)67)54-45(73)55-28(42(68)69)12-14-35(58)59/h1-10,26-32H,11-23,46H2,(H2,47,72)(H,48,56)(H,49,63)(H,50,57)(H,51,62)(H,52,64)(H,53,65)(H,58,59)(H,60,61)(H,66,67)(H,68,69)(H,70,71)(H2,54,55,73)/t26-,27?,28-,29-,30-,31-,32+/m0/s1. The first-order chi connectivity index (χ1) is 35.9. The summed E-state index contributed by atoms with van der Waals surface area (Å²) in [6.07, 6.45) is -4.68. The zero-order valence-electron chi connectivity index (χ0n) is 40.4. The van der Waals surface area contributed by atoms with E-state index in [-0.39, 0.29) is 37.5 Å². The molecular formula is C45H60N10O19S2. The molecule has 0 heterocycles. The van der Waals surface area contributed by atoms with Gasteiger partial charge < -0.3 is 84.3 Å². The van der Waals surface area contributed by atoms with Crippen LogP contribution in [0, 0.1) is 0 Å². The second-order valence-corrected chi connectivity index (χ2v) is 18.8. The summed E-state index contributed by atoms with van der Waals surface area (Å²) in [7, 11) is 2.08. The summed E-state index contributed by atoms with van der Waals surface area (Å²) in [5.41, 5.74) is 12.1. The van der Waals surface area contributed by atoms with E-state index in [1.807, 2.05) is 10.6 Å². The van der Waals surface area contributed by atoms with Crippen LogP contribution >= 0.6 is 21.6 Å². The molecule has 0 bridgehead atoms. The number of hydrogen-bond donors (Lipinski definition) is 15. The first-order valence-electron chi connectivity index (χ1n) is 22.9. The van der Waals surface area contributed by atoms with Gasteiger partial charge >= 0.3 is 42.0 Å². The number of carbonyl (C=O) groups excluding carboxylic acids is 8. The second kappa shape index (κ2) is 34.3. The van der Waals surface area contributed by atoms with Crippen LogP contribution in [-0.2, 0) is 70.3 Å². The molecule has 0 saturated heterocycles. The lowest BCUT2D eigenvalue weighted by Crippen LogP contribution is -2.58. The highest BCUT2D eigenvalue weighted by Gasteiger charge is 2.32. The average molecular weight is 1110 g/mol. The van der Waals surface area contributed by atoms with Crippen LogP contribution in [-0.4, -0.2) is 176 Å². The van der Waals surface area contributed by atoms with E-state index in [1.165, 1.54) is 0 Å². The van der Waals surface area contributed by atoms with E-state index in [2.05, 4.69) is 36.6 Å². The van der Waals surface area contributed by atoms with Crippen molar-refractivity contribution in [2.45, 2.75) is 93.7 Å². The maximum absolute atomic E-state index is 14.0. The first-order valence-corrected chi connectivity index (χ1v) is 25.4. The van der Waals surface area contributed by atoms with Crippen molar-refractivity contribution in [3.8, 4) is 0 Å². The molecule has 0 aromatic heterocycles. The minimum Gasteiger partial charge on any atom is -0.481 e. The Labute approximate surface area is 440 Å². The van der Waals surface area contributed by atoms with E-state index in [1.54, 1.807) is 60.7 Å². The van der Waals surface area contributed by atoms with Crippen molar-refractivity contribution in [3.63, 3.8) is 0 Å². The van der Waals surface area contributed by atoms with Gasteiger partial charge in [-0.1, -0.05) is 82.3 Å². The molecule has 0 fully saturated rings. The van der Waals surface area contributed by atoms with Crippen molar-refractivity contribution in [2.24, 2.45) is 11.5 Å². The summed E-state index contributed by atoms with van der Waals surface area (Å²) in [5, 5.41) is 65.0. The number of nitrogens with two attached hydrogens (primary N) is 2. The fourth-order valence-electron chi connectivity index (χ4n) is 6.36. The Hall–Kier alpha value is -8.19. The predicted octanol–water partition coefficient (Wildman–Crippen LogP) is -2.75. The van der Waals surface area contributed by atoms with E-state index in [9.17, 15) is 82.8 Å². The molecule has 416 valence electrons. The monoisotopic (exact) mass is 1110 g/mol. The Bertz CT molecular complexity index is 2350. The zero-order valence-corrected chi connectivity index (χ0v) is 42.1. The number of benzene rings is 2. The largest absolute Gasteiger partial charge is 0.481 e. The Morgan fingerprint density at radius 2 is 1.01 bits per heavy atom. The molecule has 9 amide bonds. The maximum Gasteiger partial charge on any atom is 0.404 e. The van der Waals surface area contributed by atoms with Crippen molar-refractivity contribution in [3.05, 3.63) is 71.8 Å². The van der Waals surface area contributed by atoms with E-state index in [0.717, 1.165) is 21.6 Å². The van der Waals surface area contributed by atoms with Crippen molar-refractivity contribution in [1.29, 1.82) is 0 Å². The number of ether oxygens (including phenoxy) is 1. The zero-order chi connectivity index (χ0) is 56.7. The number of rotatable bonds is 36. The van der Waals surface area contributed by atoms with Crippen LogP contribution in [0.4, 0.5) is 9.59 Å². The lowest BCUT2D eigenvalue weighted by Gasteiger charge is -2.25. The van der Waals surface area contributed by atoms with Gasteiger partial charge in [-0.2, -0.15) is 0 Å². The van der Waals surface area contributed by atoms with Gasteiger partial charge in [0, 0.05) is 56.7 Å². The molecule has 0 aliphatic carbocycles. The number of carboxylic acid groups (broad SMARTS) is 5. The van der Waals surface area contributed by atoms with Crippen molar-refractivity contribution in [1.82, 2.24) is 42.5 Å². The molecule has 31 heteroatoms. The third kappa shape index (κ3) is 26.7. The second-order valence-electron chi connectivity index (χ2n) is 16.2. The van der Waals surface area contributed by atoms with Crippen LogP contribution in [0.15, 0.2) is 60.7 Å². The van der Waals surface area contributed by atoms with Gasteiger partial charge in [-0.3, -0.25) is 38.4 Å². The van der Waals surface area contributed by atoms with E-state index in [0.29, 0.717) is 11.1 Å². The summed E-state index contributed by atoms with van der Waals surface area (Å²) in [6.45, 7) is -1.01. The Morgan fingerprint density at radius 3 is 1.53 bits per heavy atom. The number of carboxylic acids is 5. The van der Waals surface area contributed by atoms with Gasteiger partial charge in [-0.05, 0) is 24.0 Å². The van der Waals surface area contributed by atoms with Crippen molar-refractivity contribution >= 4 is 99.0 Å². The fraction of sp³-hybridized carbons (Fsp3) is 0.444. The minimum atomic E-state index is -1.82. The van der Waals surface area contributed by atoms with Gasteiger partial charge in [-0.25, -0.2) is 24.0 Å². The van der Waals surface area contributed by atoms with Crippen LogP contribution in [0.3, 0.4) is 0 Å². The van der Waals surface area contributed by atoms with Gasteiger partial charge in [0.2, 0.25) is 35.4 Å². The topological polar surface area (TPSA) is 481 Å². The Kier molecular flexibility index (Phi) is 28.9. The SMILES string of the molecule is NC(=O)OCCSSC[C@@H](NC(=O)[C@H](CC(=O)O)NC(=O)[C@@H](N)CNC(=O)[C@H](Cc1ccccc1)NC(=O)[C@H](Cc1ccccc1)NC(=O)CCNC(=O)CCC(NC(=O)N[C@@H](CCC(=O)O)C(=O)O)C(=O)O)C(=O)O. The molecule has 2 aromatic carbocycles. The number of amides is 9. The number of nitrogens with one attached hydrogen (secondary N) is 8. The summed E-state index contributed by atoms with van der Waals surface area (Å²) in [4.78, 5) is 160. The van der Waals surface area contributed by atoms with E-state index >= 15 is 0 Å². The highest BCUT2D eigenvalue weighted by molar-refractivity contribution is 8.76. The summed E-state index contributed by atoms with van der Waals surface area (Å²) in [5.74, 6) is -13.0. The number of hydrogen-bond acceptors (Lipinski definition) is 17. The van der Waals surface area contributed by atoms with Gasteiger partial charge in [0.25, 0.3) is 0 Å². The van der Waals surface area contributed by atoms with Crippen LogP contribution < -0.4 is 54.0 Å². The number of carbonyl (C=O) groups is 13. The third-order valence-electron chi connectivity index (χ3n) is 10.2. The molecule has 76 heavy (non-hydrogen) atoms. The molecule has 2 aromatic rings. The molecule has 0 saturated carbocycles. The number of primary amides is 1. The number of urea groups is 1. The van der Waals surface area contributed by atoms with Crippen molar-refractivity contribution in [2.75, 3.05) is 31.2 Å². The molecular weight excluding hydrogens is 1050 g/mol. The summed E-state index contributed by atoms with van der Waals surface area (Å²) < 4.78 is 4.57. The minimum absolute atomic E-state index is 0.0719. The van der Waals surface area contributed by atoms with Gasteiger partial charge in [0.15, 0.2) is 0 Å². The fourth-order valence-corrected chi connectivity index (χ4v) is 8.35. The summed E-state index contributed by atoms with van der Waals surface area (Å²) >= 11 is 0. The van der Waals surface area contributed by atoms with E-state index < -0.39 is 165 Å². The lowest BCUT2D eigenvalue weighted by molar-refractivity contribution is -0.143. The Morgan fingerprint density at radius 1 is 0.513 bits per heavy atom. The molecule has 0 spiro atoms. The molecule has 7 atom stereocenters. The molecule has 17 N–H and O–H groups in total. The van der Waals surface area contributed by atoms with E-state index in [4.69, 9.17) is 16.6 Å². The average Bonchev–Trinajstić information content (AvgIpc) is 3.35. The highest BCUT2D eigenvalue weighted by atomic mass is 33.1. The summed E-state index contributed by atoms with van der Waals surface area (Å²) in [6, 6.07) is 4.47. The molecule has 1 unspecified atom stereocenters. The van der Waals surface area contributed by atoms with Gasteiger partial charge in [-0.15, -0.1) is 0 Å². The normalized spacial score (nSPS) is 13.4. The van der Waals surface area contributed by atoms with Crippen molar-refractivity contribution < 1.29 is 92.6 Å². The molecule has 0 aliphatic heterocycles. The van der Waals surface area contributed by atoms with Gasteiger partial charge in [0.1, 0.15) is 48.9 Å². The maximum atomic E-state index is 14.0. The van der Waals surface area contributed by atoms with Crippen LogP contribution in [0.2, 0.25) is 0 Å². The lowest BCUT2D eigenvalue weighted by atomic mass is 10.0. The predicted molar refractivity (Wildman–Crippen MR) is 268 cm³/mol. The highest BCUT2D eigenvalue weighted by Crippen LogP contribution is 2.22. The quantitative estimate of drug-likeness (QED) is 0.0243. The van der Waals surface area contributed by atoms with Crippen LogP contribution in [0.25, 0.3) is 0 Å². The smallest absolute Gasteiger partial charge is 0.404 e. The molecule has 0 aliphatic rings. The molecule has 29 nitrogen and oxygen atoms in total. The van der Waals surface area contributed by atoms with Crippen LogP contribution in [0.1, 0.15) is 49.7 Å². The molecule has 0 radical (unpaired) electrons. The third-order valence-corrected chi connectivity index (χ3v) is 12.6. The van der Waals surface area contributed by atoms with Gasteiger partial charge in [0.05, 0.1) is 6.42 Å². The van der Waals surface area contributed by atoms with Crippen LogP contribution in [0.5, 0.6) is 0 Å². The Balaban J connectivity index is 2.12.